The number of aryl methyl sites for hydroxylation is 2. The van der Waals surface area contributed by atoms with Crippen LogP contribution in [0.2, 0.25) is 0 Å². The molecule has 0 unspecified atom stereocenters. The molecule has 2 aliphatic rings. The summed E-state index contributed by atoms with van der Waals surface area (Å²) in [6.45, 7) is 0. The van der Waals surface area contributed by atoms with Gasteiger partial charge in [0.1, 0.15) is 5.75 Å². The summed E-state index contributed by atoms with van der Waals surface area (Å²) in [4.78, 5) is 11.4. The van der Waals surface area contributed by atoms with Crippen molar-refractivity contribution in [3.05, 3.63) is 28.8 Å². The molecule has 1 aromatic rings. The topological polar surface area (TPSA) is 57.5 Å². The highest BCUT2D eigenvalue weighted by atomic mass is 16.4. The van der Waals surface area contributed by atoms with Crippen LogP contribution in [0.1, 0.15) is 42.4 Å². The summed E-state index contributed by atoms with van der Waals surface area (Å²) in [5.74, 6) is -0.621. The first kappa shape index (κ1) is 10.6. The average Bonchev–Trinajstić information content (AvgIpc) is 2.62. The molecular formula is C14H16O3. The number of rotatable bonds is 2. The summed E-state index contributed by atoms with van der Waals surface area (Å²) in [5, 5.41) is 19.5. The van der Waals surface area contributed by atoms with Crippen molar-refractivity contribution in [3.8, 4) is 5.75 Å². The highest BCUT2D eigenvalue weighted by Crippen LogP contribution is 2.48. The molecule has 3 rings (SSSR count). The first-order valence-electron chi connectivity index (χ1n) is 6.22. The van der Waals surface area contributed by atoms with E-state index in [2.05, 4.69) is 0 Å². The van der Waals surface area contributed by atoms with Crippen LogP contribution in [0.4, 0.5) is 0 Å². The van der Waals surface area contributed by atoms with Crippen LogP contribution >= 0.6 is 0 Å². The third kappa shape index (κ3) is 1.38. The molecule has 3 nitrogen and oxygen atoms in total. The quantitative estimate of drug-likeness (QED) is 0.823. The van der Waals surface area contributed by atoms with Crippen molar-refractivity contribution in [1.29, 1.82) is 0 Å². The second-order valence-corrected chi connectivity index (χ2v) is 5.23. The third-order valence-corrected chi connectivity index (χ3v) is 4.34. The lowest BCUT2D eigenvalue weighted by Gasteiger charge is -2.38. The predicted molar refractivity (Wildman–Crippen MR) is 63.3 cm³/mol. The second-order valence-electron chi connectivity index (χ2n) is 5.23. The minimum absolute atomic E-state index is 0.174. The van der Waals surface area contributed by atoms with Gasteiger partial charge in [-0.15, -0.1) is 0 Å². The summed E-state index contributed by atoms with van der Waals surface area (Å²) in [5.41, 5.74) is 2.23. The van der Waals surface area contributed by atoms with Gasteiger partial charge in [-0.25, -0.2) is 0 Å². The molecule has 0 atom stereocenters. The highest BCUT2D eigenvalue weighted by molar-refractivity contribution is 5.84. The Morgan fingerprint density at radius 3 is 2.29 bits per heavy atom. The van der Waals surface area contributed by atoms with Crippen molar-refractivity contribution >= 4 is 5.97 Å². The van der Waals surface area contributed by atoms with Crippen molar-refractivity contribution in [3.63, 3.8) is 0 Å². The molecule has 0 saturated heterocycles. The van der Waals surface area contributed by atoms with Gasteiger partial charge in [0.05, 0.1) is 5.41 Å². The standard InChI is InChI=1S/C14H16O3/c15-12-8-10-4-1-3-9(10)7-11(12)14(13(16)17)5-2-6-14/h7-8,15H,1-6H2,(H,16,17). The zero-order valence-corrected chi connectivity index (χ0v) is 9.70. The molecule has 2 N–H and O–H groups in total. The third-order valence-electron chi connectivity index (χ3n) is 4.34. The lowest BCUT2D eigenvalue weighted by atomic mass is 9.64. The minimum atomic E-state index is -0.818. The molecule has 0 heterocycles. The molecule has 1 aromatic carbocycles. The van der Waals surface area contributed by atoms with E-state index in [1.165, 1.54) is 11.1 Å². The van der Waals surface area contributed by atoms with E-state index < -0.39 is 11.4 Å². The molecule has 3 heteroatoms. The van der Waals surface area contributed by atoms with Crippen LogP contribution in [-0.4, -0.2) is 16.2 Å². The maximum atomic E-state index is 11.4. The lowest BCUT2D eigenvalue weighted by molar-refractivity contribution is -0.147. The van der Waals surface area contributed by atoms with Gasteiger partial charge in [-0.3, -0.25) is 4.79 Å². The number of carboxylic acids is 1. The van der Waals surface area contributed by atoms with Gasteiger partial charge in [0, 0.05) is 5.56 Å². The number of carboxylic acid groups (broad SMARTS) is 1. The van der Waals surface area contributed by atoms with Crippen LogP contribution < -0.4 is 0 Å². The summed E-state index contributed by atoms with van der Waals surface area (Å²) in [6, 6.07) is 3.71. The highest BCUT2D eigenvalue weighted by Gasteiger charge is 2.47. The number of phenols is 1. The summed E-state index contributed by atoms with van der Waals surface area (Å²) >= 11 is 0. The van der Waals surface area contributed by atoms with Crippen molar-refractivity contribution in [2.45, 2.75) is 43.9 Å². The van der Waals surface area contributed by atoms with Crippen molar-refractivity contribution < 1.29 is 15.0 Å². The largest absolute Gasteiger partial charge is 0.508 e. The van der Waals surface area contributed by atoms with E-state index >= 15 is 0 Å². The molecule has 1 saturated carbocycles. The molecule has 0 radical (unpaired) electrons. The Morgan fingerprint density at radius 1 is 1.12 bits per heavy atom. The normalized spacial score (nSPS) is 20.7. The molecule has 0 aliphatic heterocycles. The Morgan fingerprint density at radius 2 is 1.76 bits per heavy atom. The number of carbonyl (C=O) groups is 1. The van der Waals surface area contributed by atoms with Crippen LogP contribution in [0.15, 0.2) is 12.1 Å². The summed E-state index contributed by atoms with van der Waals surface area (Å²) in [7, 11) is 0. The molecule has 0 amide bonds. The zero-order valence-electron chi connectivity index (χ0n) is 9.70. The summed E-state index contributed by atoms with van der Waals surface area (Å²) in [6.07, 6.45) is 5.35. The van der Waals surface area contributed by atoms with E-state index in [0.29, 0.717) is 18.4 Å². The molecule has 17 heavy (non-hydrogen) atoms. The maximum Gasteiger partial charge on any atom is 0.314 e. The van der Waals surface area contributed by atoms with E-state index in [4.69, 9.17) is 0 Å². The van der Waals surface area contributed by atoms with Gasteiger partial charge in [-0.05, 0) is 49.3 Å². The van der Waals surface area contributed by atoms with Crippen LogP contribution in [0.3, 0.4) is 0 Å². The molecule has 90 valence electrons. The van der Waals surface area contributed by atoms with E-state index in [9.17, 15) is 15.0 Å². The van der Waals surface area contributed by atoms with Crippen molar-refractivity contribution in [1.82, 2.24) is 0 Å². The molecule has 2 aliphatic carbocycles. The van der Waals surface area contributed by atoms with Gasteiger partial charge in [-0.2, -0.15) is 0 Å². The first-order chi connectivity index (χ1) is 8.13. The zero-order chi connectivity index (χ0) is 12.0. The number of hydrogen-bond acceptors (Lipinski definition) is 2. The smallest absolute Gasteiger partial charge is 0.314 e. The monoisotopic (exact) mass is 232 g/mol. The molecule has 0 bridgehead atoms. The number of fused-ring (bicyclic) bond motifs is 1. The van der Waals surface area contributed by atoms with E-state index in [0.717, 1.165) is 25.7 Å². The van der Waals surface area contributed by atoms with E-state index in [1.54, 1.807) is 6.07 Å². The van der Waals surface area contributed by atoms with E-state index in [-0.39, 0.29) is 5.75 Å². The minimum Gasteiger partial charge on any atom is -0.508 e. The summed E-state index contributed by atoms with van der Waals surface area (Å²) < 4.78 is 0. The number of aliphatic carboxylic acids is 1. The Kier molecular flexibility index (Phi) is 2.18. The number of phenolic OH excluding ortho intramolecular Hbond substituents is 1. The van der Waals surface area contributed by atoms with Gasteiger partial charge in [0.2, 0.25) is 0 Å². The van der Waals surface area contributed by atoms with Crippen LogP contribution in [0, 0.1) is 0 Å². The second kappa shape index (κ2) is 3.49. The number of benzene rings is 1. The van der Waals surface area contributed by atoms with Gasteiger partial charge in [-0.1, -0.05) is 12.5 Å². The molecule has 0 spiro atoms. The van der Waals surface area contributed by atoms with Gasteiger partial charge in [0.15, 0.2) is 0 Å². The maximum absolute atomic E-state index is 11.4. The average molecular weight is 232 g/mol. The molecular weight excluding hydrogens is 216 g/mol. The fourth-order valence-electron chi connectivity index (χ4n) is 3.12. The van der Waals surface area contributed by atoms with Crippen molar-refractivity contribution in [2.75, 3.05) is 0 Å². The predicted octanol–water partition coefficient (Wildman–Crippen LogP) is 2.39. The Hall–Kier alpha value is -1.51. The lowest BCUT2D eigenvalue weighted by Crippen LogP contribution is -2.42. The van der Waals surface area contributed by atoms with Gasteiger partial charge >= 0.3 is 5.97 Å². The number of aromatic hydroxyl groups is 1. The fraction of sp³-hybridized carbons (Fsp3) is 0.500. The van der Waals surface area contributed by atoms with Crippen LogP contribution in [0.25, 0.3) is 0 Å². The van der Waals surface area contributed by atoms with Crippen LogP contribution in [-0.2, 0) is 23.1 Å². The number of hydrogen-bond donors (Lipinski definition) is 2. The van der Waals surface area contributed by atoms with Gasteiger partial charge < -0.3 is 10.2 Å². The fourth-order valence-corrected chi connectivity index (χ4v) is 3.12. The Balaban J connectivity index is 2.11. The first-order valence-corrected chi connectivity index (χ1v) is 6.22. The molecule has 1 fully saturated rings. The van der Waals surface area contributed by atoms with Crippen molar-refractivity contribution in [2.24, 2.45) is 0 Å². The molecule has 0 aromatic heterocycles. The Labute approximate surface area is 100 Å². The van der Waals surface area contributed by atoms with E-state index in [1.807, 2.05) is 6.07 Å². The van der Waals surface area contributed by atoms with Gasteiger partial charge in [0.25, 0.3) is 0 Å². The Bertz CT molecular complexity index is 486. The van der Waals surface area contributed by atoms with Crippen LogP contribution in [0.5, 0.6) is 5.75 Å². The SMILES string of the molecule is O=C(O)C1(c2cc3c(cc2O)CCC3)CCC1.